The number of rotatable bonds is 4. The van der Waals surface area contributed by atoms with Crippen LogP contribution in [0.2, 0.25) is 0 Å². The number of aryl methyl sites for hydroxylation is 2. The summed E-state index contributed by atoms with van der Waals surface area (Å²) in [5.41, 5.74) is 1.84. The Morgan fingerprint density at radius 1 is 1.38 bits per heavy atom. The molecule has 0 aliphatic heterocycles. The van der Waals surface area contributed by atoms with E-state index in [0.29, 0.717) is 18.4 Å². The molecule has 2 aromatic heterocycles. The fourth-order valence-electron chi connectivity index (χ4n) is 3.24. The summed E-state index contributed by atoms with van der Waals surface area (Å²) in [7, 11) is 0. The third-order valence-corrected chi connectivity index (χ3v) is 4.51. The number of aromatic nitrogens is 2. The number of H-pyrrole nitrogens is 1. The summed E-state index contributed by atoms with van der Waals surface area (Å²) in [6.07, 6.45) is 2.57. The molecule has 24 heavy (non-hydrogen) atoms. The van der Waals surface area contributed by atoms with E-state index in [4.69, 9.17) is 0 Å². The SMILES string of the molecule is Cc1cc(C)c(C(=O)N[C@H](c2ccccn2)C2CC(O)C2)c(=O)[nH]1. The standard InChI is InChI=1S/C18H21N3O3/c1-10-7-11(2)20-17(23)15(10)18(24)21-16(12-8-13(22)9-12)14-5-3-4-6-19-14/h3-7,12-13,16,22H,8-9H2,1-2H3,(H,20,23)(H,21,24)/t12?,13?,16-/m0/s1. The van der Waals surface area contributed by atoms with Crippen LogP contribution in [0.3, 0.4) is 0 Å². The Morgan fingerprint density at radius 2 is 2.12 bits per heavy atom. The monoisotopic (exact) mass is 327 g/mol. The van der Waals surface area contributed by atoms with Crippen LogP contribution in [0.15, 0.2) is 35.3 Å². The first kappa shape index (κ1) is 16.4. The van der Waals surface area contributed by atoms with Crippen LogP contribution in [0.25, 0.3) is 0 Å². The number of amides is 1. The lowest BCUT2D eigenvalue weighted by Crippen LogP contribution is -2.43. The molecule has 1 atom stereocenters. The summed E-state index contributed by atoms with van der Waals surface area (Å²) in [6.45, 7) is 3.53. The number of nitrogens with zero attached hydrogens (tertiary/aromatic N) is 1. The summed E-state index contributed by atoms with van der Waals surface area (Å²) >= 11 is 0. The van der Waals surface area contributed by atoms with Crippen LogP contribution in [0.4, 0.5) is 0 Å². The number of aliphatic hydroxyl groups excluding tert-OH is 1. The highest BCUT2D eigenvalue weighted by Crippen LogP contribution is 2.37. The molecule has 1 aliphatic rings. The van der Waals surface area contributed by atoms with Gasteiger partial charge in [0.2, 0.25) is 0 Å². The minimum atomic E-state index is -0.411. The number of aliphatic hydroxyl groups is 1. The fourth-order valence-corrected chi connectivity index (χ4v) is 3.24. The predicted octanol–water partition coefficient (Wildman–Crippen LogP) is 1.63. The summed E-state index contributed by atoms with van der Waals surface area (Å²) in [6, 6.07) is 6.98. The van der Waals surface area contributed by atoms with Crippen molar-refractivity contribution in [1.29, 1.82) is 0 Å². The van der Waals surface area contributed by atoms with E-state index in [2.05, 4.69) is 15.3 Å². The Hall–Kier alpha value is -2.47. The molecule has 126 valence electrons. The van der Waals surface area contributed by atoms with E-state index in [1.165, 1.54) is 0 Å². The highest BCUT2D eigenvalue weighted by atomic mass is 16.3. The molecule has 3 N–H and O–H groups in total. The van der Waals surface area contributed by atoms with Gasteiger partial charge in [0.15, 0.2) is 0 Å². The van der Waals surface area contributed by atoms with Gasteiger partial charge < -0.3 is 15.4 Å². The maximum atomic E-state index is 12.7. The van der Waals surface area contributed by atoms with Gasteiger partial charge in [0.25, 0.3) is 11.5 Å². The summed E-state index contributed by atoms with van der Waals surface area (Å²) in [5, 5.41) is 12.5. The molecule has 6 nitrogen and oxygen atoms in total. The van der Waals surface area contributed by atoms with Gasteiger partial charge in [-0.05, 0) is 56.4 Å². The molecule has 1 fully saturated rings. The molecule has 0 aromatic carbocycles. The molecule has 2 heterocycles. The summed E-state index contributed by atoms with van der Waals surface area (Å²) in [5.74, 6) is -0.297. The minimum Gasteiger partial charge on any atom is -0.393 e. The largest absolute Gasteiger partial charge is 0.393 e. The van der Waals surface area contributed by atoms with Crippen molar-refractivity contribution < 1.29 is 9.90 Å². The molecular weight excluding hydrogens is 306 g/mol. The second-order valence-corrected chi connectivity index (χ2v) is 6.43. The number of carbonyl (C=O) groups is 1. The van der Waals surface area contributed by atoms with Gasteiger partial charge in [-0.3, -0.25) is 14.6 Å². The van der Waals surface area contributed by atoms with Crippen LogP contribution in [-0.2, 0) is 0 Å². The normalized spacial score (nSPS) is 21.0. The molecule has 1 aliphatic carbocycles. The number of hydrogen-bond donors (Lipinski definition) is 3. The van der Waals surface area contributed by atoms with E-state index in [1.54, 1.807) is 26.1 Å². The molecule has 0 unspecified atom stereocenters. The molecule has 6 heteroatoms. The fraction of sp³-hybridized carbons (Fsp3) is 0.389. The quantitative estimate of drug-likeness (QED) is 0.795. The van der Waals surface area contributed by atoms with E-state index in [1.807, 2.05) is 18.2 Å². The number of pyridine rings is 2. The number of hydrogen-bond acceptors (Lipinski definition) is 4. The molecule has 3 rings (SSSR count). The van der Waals surface area contributed by atoms with Crippen molar-refractivity contribution in [2.24, 2.45) is 5.92 Å². The summed E-state index contributed by atoms with van der Waals surface area (Å²) in [4.78, 5) is 31.8. The third-order valence-electron chi connectivity index (χ3n) is 4.51. The lowest BCUT2D eigenvalue weighted by molar-refractivity contribution is 0.0228. The van der Waals surface area contributed by atoms with E-state index in [-0.39, 0.29) is 23.6 Å². The zero-order valence-electron chi connectivity index (χ0n) is 13.7. The average molecular weight is 327 g/mol. The van der Waals surface area contributed by atoms with E-state index < -0.39 is 11.5 Å². The third kappa shape index (κ3) is 3.23. The molecule has 0 spiro atoms. The number of carbonyl (C=O) groups excluding carboxylic acids is 1. The van der Waals surface area contributed by atoms with Crippen LogP contribution in [0, 0.1) is 19.8 Å². The highest BCUT2D eigenvalue weighted by molar-refractivity contribution is 5.95. The van der Waals surface area contributed by atoms with E-state index in [0.717, 1.165) is 11.4 Å². The first-order chi connectivity index (χ1) is 11.5. The van der Waals surface area contributed by atoms with Crippen LogP contribution < -0.4 is 10.9 Å². The van der Waals surface area contributed by atoms with Crippen LogP contribution in [-0.4, -0.2) is 27.1 Å². The molecule has 2 aromatic rings. The van der Waals surface area contributed by atoms with Crippen molar-refractivity contribution in [2.45, 2.75) is 38.8 Å². The lowest BCUT2D eigenvalue weighted by atomic mass is 9.76. The van der Waals surface area contributed by atoms with Crippen molar-refractivity contribution in [2.75, 3.05) is 0 Å². The van der Waals surface area contributed by atoms with Crippen molar-refractivity contribution >= 4 is 5.91 Å². The van der Waals surface area contributed by atoms with Gasteiger partial charge in [0.05, 0.1) is 17.8 Å². The predicted molar refractivity (Wildman–Crippen MR) is 89.7 cm³/mol. The number of aromatic amines is 1. The first-order valence-corrected chi connectivity index (χ1v) is 8.06. The van der Waals surface area contributed by atoms with E-state index >= 15 is 0 Å². The molecule has 1 amide bonds. The molecule has 0 bridgehead atoms. The molecule has 0 saturated heterocycles. The van der Waals surface area contributed by atoms with Crippen LogP contribution in [0.1, 0.15) is 46.2 Å². The maximum Gasteiger partial charge on any atom is 0.261 e. The van der Waals surface area contributed by atoms with Gasteiger partial charge >= 0.3 is 0 Å². The highest BCUT2D eigenvalue weighted by Gasteiger charge is 2.36. The smallest absolute Gasteiger partial charge is 0.261 e. The van der Waals surface area contributed by atoms with Gasteiger partial charge in [-0.15, -0.1) is 0 Å². The molecular formula is C18H21N3O3. The maximum absolute atomic E-state index is 12.7. The Labute approximate surface area is 140 Å². The van der Waals surface area contributed by atoms with Gasteiger partial charge in [-0.25, -0.2) is 0 Å². The number of nitrogens with one attached hydrogen (secondary N) is 2. The molecule has 1 saturated carbocycles. The zero-order valence-corrected chi connectivity index (χ0v) is 13.7. The van der Waals surface area contributed by atoms with Crippen molar-refractivity contribution in [3.8, 4) is 0 Å². The Bertz CT molecular complexity index is 795. The van der Waals surface area contributed by atoms with Gasteiger partial charge in [0.1, 0.15) is 5.56 Å². The average Bonchev–Trinajstić information content (AvgIpc) is 2.49. The second-order valence-electron chi connectivity index (χ2n) is 6.43. The zero-order chi connectivity index (χ0) is 17.3. The Kier molecular flexibility index (Phi) is 4.49. The van der Waals surface area contributed by atoms with Crippen molar-refractivity contribution in [1.82, 2.24) is 15.3 Å². The Morgan fingerprint density at radius 3 is 2.71 bits per heavy atom. The minimum absolute atomic E-state index is 0.115. The van der Waals surface area contributed by atoms with E-state index in [9.17, 15) is 14.7 Å². The van der Waals surface area contributed by atoms with Gasteiger partial charge in [0, 0.05) is 11.9 Å². The van der Waals surface area contributed by atoms with Crippen LogP contribution >= 0.6 is 0 Å². The Balaban J connectivity index is 1.88. The first-order valence-electron chi connectivity index (χ1n) is 8.06. The van der Waals surface area contributed by atoms with Crippen LogP contribution in [0.5, 0.6) is 0 Å². The summed E-state index contributed by atoms with van der Waals surface area (Å²) < 4.78 is 0. The van der Waals surface area contributed by atoms with Gasteiger partial charge in [-0.2, -0.15) is 0 Å². The second kappa shape index (κ2) is 6.57. The topological polar surface area (TPSA) is 95.1 Å². The van der Waals surface area contributed by atoms with Gasteiger partial charge in [-0.1, -0.05) is 6.07 Å². The molecule has 0 radical (unpaired) electrons. The van der Waals surface area contributed by atoms with Crippen molar-refractivity contribution in [3.63, 3.8) is 0 Å². The lowest BCUT2D eigenvalue weighted by Gasteiger charge is -2.37. The van der Waals surface area contributed by atoms with Crippen molar-refractivity contribution in [3.05, 3.63) is 63.3 Å².